The minimum absolute atomic E-state index is 0.0308. The van der Waals surface area contributed by atoms with Crippen molar-refractivity contribution in [3.63, 3.8) is 0 Å². The van der Waals surface area contributed by atoms with Gasteiger partial charge >= 0.3 is 12.0 Å². The van der Waals surface area contributed by atoms with Crippen molar-refractivity contribution < 1.29 is 27.1 Å². The van der Waals surface area contributed by atoms with Crippen molar-refractivity contribution in [2.45, 2.75) is 31.3 Å². The lowest BCUT2D eigenvalue weighted by atomic mass is 9.83. The Balaban J connectivity index is 1.86. The average molecular weight is 388 g/mol. The molecule has 0 saturated heterocycles. The second-order valence-electron chi connectivity index (χ2n) is 6.49. The molecule has 1 aliphatic rings. The van der Waals surface area contributed by atoms with Gasteiger partial charge in [-0.2, -0.15) is 17.6 Å². The molecule has 1 heterocycles. The number of fused-ring (bicyclic) bond motifs is 1. The van der Waals surface area contributed by atoms with Crippen LogP contribution in [0.3, 0.4) is 0 Å². The number of nitrogens with one attached hydrogen (secondary N) is 1. The van der Waals surface area contributed by atoms with Crippen molar-refractivity contribution in [1.82, 2.24) is 0 Å². The smallest absolute Gasteiger partial charge is 0.427 e. The summed E-state index contributed by atoms with van der Waals surface area (Å²) in [5.74, 6) is -5.59. The summed E-state index contributed by atoms with van der Waals surface area (Å²) in [6, 6.07) is 9.61. The maximum absolute atomic E-state index is 13.8. The highest BCUT2D eigenvalue weighted by atomic mass is 35.5. The molecule has 1 aliphatic heterocycles. The number of hydrogen-bond donors (Lipinski definition) is 1. The summed E-state index contributed by atoms with van der Waals surface area (Å²) < 4.78 is 58.1. The largest absolute Gasteiger partial charge is 0.469 e. The Morgan fingerprint density at radius 1 is 1.08 bits per heavy atom. The second-order valence-corrected chi connectivity index (χ2v) is 6.93. The molecule has 3 rings (SSSR count). The first kappa shape index (κ1) is 18.5. The molecule has 1 N–H and O–H groups in total. The van der Waals surface area contributed by atoms with Crippen molar-refractivity contribution in [3.8, 4) is 5.75 Å². The quantitative estimate of drug-likeness (QED) is 0.722. The predicted octanol–water partition coefficient (Wildman–Crippen LogP) is 5.33. The Kier molecular flexibility index (Phi) is 4.18. The molecule has 0 aliphatic carbocycles. The molecule has 0 saturated carbocycles. The fraction of sp³-hybridized carbons (Fsp3) is 0.278. The molecule has 2 aromatic carbocycles. The van der Waals surface area contributed by atoms with Crippen LogP contribution in [-0.2, 0) is 16.1 Å². The van der Waals surface area contributed by atoms with Crippen LogP contribution in [0.5, 0.6) is 5.75 Å². The van der Waals surface area contributed by atoms with Gasteiger partial charge in [0.2, 0.25) is 5.91 Å². The molecule has 0 bridgehead atoms. The van der Waals surface area contributed by atoms with Gasteiger partial charge in [-0.3, -0.25) is 4.79 Å². The third-order valence-corrected chi connectivity index (χ3v) is 4.56. The Morgan fingerprint density at radius 2 is 1.69 bits per heavy atom. The number of rotatable bonds is 3. The number of carbonyl (C=O) groups excluding carboxylic acids is 1. The van der Waals surface area contributed by atoms with Gasteiger partial charge in [0, 0.05) is 10.7 Å². The minimum Gasteiger partial charge on any atom is -0.427 e. The molecular formula is C18H14ClF4NO2. The average Bonchev–Trinajstić information content (AvgIpc) is 2.73. The zero-order valence-corrected chi connectivity index (χ0v) is 14.5. The van der Waals surface area contributed by atoms with Gasteiger partial charge in [-0.1, -0.05) is 23.7 Å². The molecule has 2 aromatic rings. The summed E-state index contributed by atoms with van der Waals surface area (Å²) in [5.41, 5.74) is -1.35. The van der Waals surface area contributed by atoms with E-state index in [9.17, 15) is 22.4 Å². The monoisotopic (exact) mass is 387 g/mol. The molecule has 26 heavy (non-hydrogen) atoms. The summed E-state index contributed by atoms with van der Waals surface area (Å²) >= 11 is 5.83. The number of benzene rings is 2. The van der Waals surface area contributed by atoms with E-state index in [1.807, 2.05) is 0 Å². The molecule has 138 valence electrons. The topological polar surface area (TPSA) is 38.3 Å². The van der Waals surface area contributed by atoms with Crippen LogP contribution in [0.25, 0.3) is 0 Å². The molecule has 8 heteroatoms. The minimum atomic E-state index is -4.62. The maximum atomic E-state index is 13.8. The predicted molar refractivity (Wildman–Crippen MR) is 89.0 cm³/mol. The van der Waals surface area contributed by atoms with Crippen molar-refractivity contribution in [1.29, 1.82) is 0 Å². The number of amides is 1. The van der Waals surface area contributed by atoms with Gasteiger partial charge in [0.15, 0.2) is 0 Å². The van der Waals surface area contributed by atoms with E-state index in [4.69, 9.17) is 11.6 Å². The number of hydrogen-bond acceptors (Lipinski definition) is 2. The summed E-state index contributed by atoms with van der Waals surface area (Å²) in [6.45, 7) is 3.29. The van der Waals surface area contributed by atoms with Crippen molar-refractivity contribution >= 4 is 23.2 Å². The highest BCUT2D eigenvalue weighted by Crippen LogP contribution is 2.53. The SMILES string of the molecule is CC(C)(C(=O)Nc1ccc2c(c1)C(F)(F)C(F)(F)O2)c1ccc(Cl)cc1. The zero-order valence-electron chi connectivity index (χ0n) is 13.7. The lowest BCUT2D eigenvalue weighted by molar-refractivity contribution is -0.296. The van der Waals surface area contributed by atoms with Crippen LogP contribution >= 0.6 is 11.6 Å². The summed E-state index contributed by atoms with van der Waals surface area (Å²) in [4.78, 5) is 12.6. The molecule has 0 fully saturated rings. The number of alkyl halides is 4. The third kappa shape index (κ3) is 2.90. The molecule has 0 radical (unpaired) electrons. The summed E-state index contributed by atoms with van der Waals surface area (Å²) in [7, 11) is 0. The van der Waals surface area contributed by atoms with Gasteiger partial charge in [-0.25, -0.2) is 0 Å². The first-order chi connectivity index (χ1) is 11.9. The fourth-order valence-corrected chi connectivity index (χ4v) is 2.71. The van der Waals surface area contributed by atoms with E-state index in [-0.39, 0.29) is 5.69 Å². The van der Waals surface area contributed by atoms with Gasteiger partial charge in [-0.15, -0.1) is 0 Å². The zero-order chi connectivity index (χ0) is 19.3. The molecule has 1 amide bonds. The van der Waals surface area contributed by atoms with Crippen LogP contribution in [0, 0.1) is 0 Å². The van der Waals surface area contributed by atoms with E-state index in [2.05, 4.69) is 10.1 Å². The molecule has 0 atom stereocenters. The Morgan fingerprint density at radius 3 is 2.31 bits per heavy atom. The molecule has 3 nitrogen and oxygen atoms in total. The normalized spacial score (nSPS) is 17.3. The van der Waals surface area contributed by atoms with Gasteiger partial charge in [0.25, 0.3) is 0 Å². The fourth-order valence-electron chi connectivity index (χ4n) is 2.59. The number of anilines is 1. The highest BCUT2D eigenvalue weighted by Gasteiger charge is 2.66. The Labute approximate surface area is 151 Å². The van der Waals surface area contributed by atoms with E-state index >= 15 is 0 Å². The van der Waals surface area contributed by atoms with Crippen molar-refractivity contribution in [3.05, 3.63) is 58.6 Å². The highest BCUT2D eigenvalue weighted by molar-refractivity contribution is 6.30. The first-order valence-electron chi connectivity index (χ1n) is 7.62. The first-order valence-corrected chi connectivity index (χ1v) is 7.99. The molecule has 0 unspecified atom stereocenters. The Bertz CT molecular complexity index is 866. The van der Waals surface area contributed by atoms with E-state index < -0.39 is 34.7 Å². The van der Waals surface area contributed by atoms with Gasteiger partial charge in [-0.05, 0) is 49.7 Å². The third-order valence-electron chi connectivity index (χ3n) is 4.31. The van der Waals surface area contributed by atoms with Gasteiger partial charge in [0.1, 0.15) is 5.75 Å². The van der Waals surface area contributed by atoms with Crippen LogP contribution in [0.15, 0.2) is 42.5 Å². The van der Waals surface area contributed by atoms with Crippen molar-refractivity contribution in [2.24, 2.45) is 0 Å². The van der Waals surface area contributed by atoms with Gasteiger partial charge in [0.05, 0.1) is 11.0 Å². The molecular weight excluding hydrogens is 374 g/mol. The van der Waals surface area contributed by atoms with E-state index in [0.717, 1.165) is 12.1 Å². The second kappa shape index (κ2) is 5.87. The van der Waals surface area contributed by atoms with Crippen LogP contribution in [0.1, 0.15) is 25.0 Å². The van der Waals surface area contributed by atoms with Gasteiger partial charge < -0.3 is 10.1 Å². The molecule has 0 spiro atoms. The van der Waals surface area contributed by atoms with E-state index in [1.54, 1.807) is 38.1 Å². The molecule has 0 aromatic heterocycles. The van der Waals surface area contributed by atoms with Crippen LogP contribution in [0.2, 0.25) is 5.02 Å². The van der Waals surface area contributed by atoms with E-state index in [1.165, 1.54) is 6.07 Å². The van der Waals surface area contributed by atoms with Crippen LogP contribution in [0.4, 0.5) is 23.2 Å². The van der Waals surface area contributed by atoms with E-state index in [0.29, 0.717) is 10.6 Å². The standard InChI is InChI=1S/C18H14ClF4NO2/c1-16(2,10-3-5-11(19)6-4-10)15(25)24-12-7-8-14-13(9-12)17(20,21)18(22,23)26-14/h3-9H,1-2H3,(H,24,25). The van der Waals surface area contributed by atoms with Crippen LogP contribution in [-0.4, -0.2) is 12.0 Å². The summed E-state index contributed by atoms with van der Waals surface area (Å²) in [5, 5.41) is 2.99. The maximum Gasteiger partial charge on any atom is 0.469 e. The number of ether oxygens (including phenoxy) is 1. The Hall–Kier alpha value is -2.28. The lowest BCUT2D eigenvalue weighted by Crippen LogP contribution is -2.37. The lowest BCUT2D eigenvalue weighted by Gasteiger charge is -2.24. The van der Waals surface area contributed by atoms with Crippen molar-refractivity contribution in [2.75, 3.05) is 5.32 Å². The number of carbonyl (C=O) groups is 1. The summed E-state index contributed by atoms with van der Waals surface area (Å²) in [6.07, 6.45) is -4.62. The van der Waals surface area contributed by atoms with Crippen LogP contribution < -0.4 is 10.1 Å². The number of halogens is 5.